The molecule has 17 heavy (non-hydrogen) atoms. The Morgan fingerprint density at radius 1 is 1.35 bits per heavy atom. The molecule has 1 aliphatic rings. The first kappa shape index (κ1) is 11.5. The molecule has 0 heterocycles. The second-order valence-corrected chi connectivity index (χ2v) is 4.12. The third kappa shape index (κ3) is 2.59. The summed E-state index contributed by atoms with van der Waals surface area (Å²) in [5.41, 5.74) is 4.60. The van der Waals surface area contributed by atoms with Gasteiger partial charge < -0.3 is 0 Å². The van der Waals surface area contributed by atoms with Crippen LogP contribution in [-0.4, -0.2) is 12.6 Å². The Morgan fingerprint density at radius 2 is 2.18 bits per heavy atom. The molecule has 1 aromatic carbocycles. The predicted molar refractivity (Wildman–Crippen MR) is 75.2 cm³/mol. The maximum Gasteiger partial charge on any atom is 0.125 e. The van der Waals surface area contributed by atoms with E-state index < -0.39 is 0 Å². The highest BCUT2D eigenvalue weighted by Gasteiger charge is 2.04. The van der Waals surface area contributed by atoms with E-state index >= 15 is 0 Å². The fourth-order valence-electron chi connectivity index (χ4n) is 1.79. The number of hydrogen-bond donors (Lipinski definition) is 0. The van der Waals surface area contributed by atoms with Crippen LogP contribution in [0.4, 0.5) is 5.69 Å². The van der Waals surface area contributed by atoms with Crippen molar-refractivity contribution in [2.75, 3.05) is 0 Å². The van der Waals surface area contributed by atoms with Crippen LogP contribution in [0.1, 0.15) is 24.5 Å². The van der Waals surface area contributed by atoms with Gasteiger partial charge in [-0.3, -0.25) is 0 Å². The zero-order valence-corrected chi connectivity index (χ0v) is 10.3. The molecule has 0 unspecified atom stereocenters. The van der Waals surface area contributed by atoms with Gasteiger partial charge in [-0.1, -0.05) is 30.4 Å². The molecule has 86 valence electrons. The lowest BCUT2D eigenvalue weighted by Gasteiger charge is -2.05. The third-order valence-corrected chi connectivity index (χ3v) is 2.82. The first-order valence-electron chi connectivity index (χ1n) is 5.70. The van der Waals surface area contributed by atoms with Crippen molar-refractivity contribution in [1.29, 1.82) is 0 Å². The monoisotopic (exact) mass is 224 g/mol. The third-order valence-electron chi connectivity index (χ3n) is 2.82. The van der Waals surface area contributed by atoms with Crippen LogP contribution in [0.15, 0.2) is 46.4 Å². The van der Waals surface area contributed by atoms with E-state index in [4.69, 9.17) is 0 Å². The lowest BCUT2D eigenvalue weighted by atomic mass is 10.0. The zero-order chi connectivity index (χ0) is 12.3. The molecule has 2 rings (SSSR count). The van der Waals surface area contributed by atoms with Gasteiger partial charge in [0.15, 0.2) is 0 Å². The van der Waals surface area contributed by atoms with E-state index in [2.05, 4.69) is 60.1 Å². The lowest BCUT2D eigenvalue weighted by molar-refractivity contribution is 1.36. The van der Waals surface area contributed by atoms with Crippen LogP contribution in [0.25, 0.3) is 5.57 Å². The number of amidine groups is 1. The molecule has 0 saturated heterocycles. The highest BCUT2D eigenvalue weighted by atomic mass is 14.9. The standard InChI is InChI=1S/C15H16N2/c1-11-8-9-14(13-6-4-5-7-13)10-15(11)17-12(2)16-3/h4,6-10H,3,5H2,1-2H3. The largest absolute Gasteiger partial charge is 0.250 e. The number of rotatable bonds is 2. The van der Waals surface area contributed by atoms with Gasteiger partial charge in [0.1, 0.15) is 5.84 Å². The minimum Gasteiger partial charge on any atom is -0.250 e. The number of benzene rings is 1. The second-order valence-electron chi connectivity index (χ2n) is 4.12. The maximum atomic E-state index is 4.45. The molecule has 2 nitrogen and oxygen atoms in total. The van der Waals surface area contributed by atoms with E-state index in [1.807, 2.05) is 6.92 Å². The van der Waals surface area contributed by atoms with Gasteiger partial charge in [-0.2, -0.15) is 0 Å². The number of nitrogens with zero attached hydrogens (tertiary/aromatic N) is 2. The van der Waals surface area contributed by atoms with Crippen molar-refractivity contribution >= 4 is 23.8 Å². The molecule has 2 heteroatoms. The number of aryl methyl sites for hydroxylation is 1. The summed E-state index contributed by atoms with van der Waals surface area (Å²) in [5, 5.41) is 0. The molecule has 0 saturated carbocycles. The Hall–Kier alpha value is -1.96. The Labute approximate surface area is 102 Å². The van der Waals surface area contributed by atoms with Gasteiger partial charge in [0.2, 0.25) is 0 Å². The molecule has 0 bridgehead atoms. The average Bonchev–Trinajstić information content (AvgIpc) is 2.85. The first-order chi connectivity index (χ1) is 8.20. The predicted octanol–water partition coefficient (Wildman–Crippen LogP) is 4.09. The second kappa shape index (κ2) is 4.91. The van der Waals surface area contributed by atoms with E-state index in [0.29, 0.717) is 5.84 Å². The normalized spacial score (nSPS) is 14.9. The van der Waals surface area contributed by atoms with Gasteiger partial charge >= 0.3 is 0 Å². The van der Waals surface area contributed by atoms with Crippen molar-refractivity contribution in [1.82, 2.24) is 0 Å². The van der Waals surface area contributed by atoms with Gasteiger partial charge in [-0.05, 0) is 49.8 Å². The minimum atomic E-state index is 0.696. The summed E-state index contributed by atoms with van der Waals surface area (Å²) in [6.07, 6.45) is 7.55. The zero-order valence-electron chi connectivity index (χ0n) is 10.3. The SMILES string of the molecule is C=NC(C)=Nc1cc(C2=CCC=C2)ccc1C. The summed E-state index contributed by atoms with van der Waals surface area (Å²) in [5.74, 6) is 0.696. The average molecular weight is 224 g/mol. The van der Waals surface area contributed by atoms with Crippen LogP contribution in [0.2, 0.25) is 0 Å². The highest BCUT2D eigenvalue weighted by molar-refractivity contribution is 5.87. The van der Waals surface area contributed by atoms with Crippen molar-refractivity contribution < 1.29 is 0 Å². The number of hydrogen-bond acceptors (Lipinski definition) is 1. The van der Waals surface area contributed by atoms with E-state index in [0.717, 1.165) is 17.7 Å². The highest BCUT2D eigenvalue weighted by Crippen LogP contribution is 2.27. The van der Waals surface area contributed by atoms with Crippen LogP contribution in [-0.2, 0) is 0 Å². The summed E-state index contributed by atoms with van der Waals surface area (Å²) >= 11 is 0. The summed E-state index contributed by atoms with van der Waals surface area (Å²) in [6, 6.07) is 6.33. The van der Waals surface area contributed by atoms with Gasteiger partial charge in [-0.25, -0.2) is 9.98 Å². The van der Waals surface area contributed by atoms with Gasteiger partial charge in [-0.15, -0.1) is 0 Å². The van der Waals surface area contributed by atoms with E-state index in [1.54, 1.807) is 0 Å². The quantitative estimate of drug-likeness (QED) is 0.534. The van der Waals surface area contributed by atoms with Crippen molar-refractivity contribution in [3.05, 3.63) is 47.6 Å². The topological polar surface area (TPSA) is 24.7 Å². The van der Waals surface area contributed by atoms with Crippen LogP contribution in [0.5, 0.6) is 0 Å². The van der Waals surface area contributed by atoms with Gasteiger partial charge in [0.05, 0.1) is 5.69 Å². The van der Waals surface area contributed by atoms with E-state index in [1.165, 1.54) is 11.1 Å². The molecule has 0 radical (unpaired) electrons. The van der Waals surface area contributed by atoms with Crippen LogP contribution in [0, 0.1) is 6.92 Å². The minimum absolute atomic E-state index is 0.696. The van der Waals surface area contributed by atoms with Crippen molar-refractivity contribution in [2.24, 2.45) is 9.98 Å². The van der Waals surface area contributed by atoms with Crippen LogP contribution < -0.4 is 0 Å². The fraction of sp³-hybridized carbons (Fsp3) is 0.200. The Balaban J connectivity index is 2.42. The molecule has 0 atom stereocenters. The molecular weight excluding hydrogens is 208 g/mol. The lowest BCUT2D eigenvalue weighted by Crippen LogP contribution is -1.86. The van der Waals surface area contributed by atoms with Crippen molar-refractivity contribution in [3.8, 4) is 0 Å². The molecule has 0 aromatic heterocycles. The summed E-state index contributed by atoms with van der Waals surface area (Å²) < 4.78 is 0. The Bertz CT molecular complexity index is 534. The van der Waals surface area contributed by atoms with Crippen LogP contribution >= 0.6 is 0 Å². The van der Waals surface area contributed by atoms with Gasteiger partial charge in [0.25, 0.3) is 0 Å². The number of allylic oxidation sites excluding steroid dienone is 4. The van der Waals surface area contributed by atoms with Crippen molar-refractivity contribution in [2.45, 2.75) is 20.3 Å². The molecule has 0 fully saturated rings. The first-order valence-corrected chi connectivity index (χ1v) is 5.70. The van der Waals surface area contributed by atoms with Gasteiger partial charge in [0, 0.05) is 0 Å². The smallest absolute Gasteiger partial charge is 0.125 e. The number of aliphatic imine (C=N–C) groups is 2. The Morgan fingerprint density at radius 3 is 2.82 bits per heavy atom. The Kier molecular flexibility index (Phi) is 3.33. The van der Waals surface area contributed by atoms with E-state index in [9.17, 15) is 0 Å². The van der Waals surface area contributed by atoms with Crippen LogP contribution in [0.3, 0.4) is 0 Å². The molecule has 0 amide bonds. The molecule has 0 N–H and O–H groups in total. The fourth-order valence-corrected chi connectivity index (χ4v) is 1.79. The summed E-state index contributed by atoms with van der Waals surface area (Å²) in [7, 11) is 0. The van der Waals surface area contributed by atoms with Crippen molar-refractivity contribution in [3.63, 3.8) is 0 Å². The maximum absolute atomic E-state index is 4.45. The molecule has 0 aliphatic heterocycles. The molecule has 1 aliphatic carbocycles. The summed E-state index contributed by atoms with van der Waals surface area (Å²) in [4.78, 5) is 8.27. The van der Waals surface area contributed by atoms with E-state index in [-0.39, 0.29) is 0 Å². The molecule has 1 aromatic rings. The molecule has 0 spiro atoms. The summed E-state index contributed by atoms with van der Waals surface area (Å²) in [6.45, 7) is 7.39. The molecular formula is C15H16N2.